The van der Waals surface area contributed by atoms with E-state index >= 15 is 0 Å². The topological polar surface area (TPSA) is 51.5 Å². The van der Waals surface area contributed by atoms with Crippen LogP contribution >= 0.6 is 15.9 Å². The third-order valence-electron chi connectivity index (χ3n) is 3.59. The average molecular weight is 329 g/mol. The van der Waals surface area contributed by atoms with Gasteiger partial charge < -0.3 is 14.2 Å². The quantitative estimate of drug-likeness (QED) is 0.776. The number of halogens is 1. The lowest BCUT2D eigenvalue weighted by atomic mass is 9.99. The molecule has 5 nitrogen and oxygen atoms in total. The highest BCUT2D eigenvalue weighted by atomic mass is 79.9. The van der Waals surface area contributed by atoms with Crippen LogP contribution in [0.2, 0.25) is 0 Å². The van der Waals surface area contributed by atoms with Gasteiger partial charge >= 0.3 is 5.97 Å². The maximum absolute atomic E-state index is 12.4. The number of likely N-dealkylation sites (tertiary alicyclic amines) is 1. The van der Waals surface area contributed by atoms with E-state index in [9.17, 15) is 9.59 Å². The normalized spacial score (nSPS) is 22.6. The molecule has 1 fully saturated rings. The van der Waals surface area contributed by atoms with Crippen molar-refractivity contribution in [2.75, 3.05) is 20.2 Å². The molecule has 1 amide bonds. The summed E-state index contributed by atoms with van der Waals surface area (Å²) < 4.78 is 7.43. The van der Waals surface area contributed by atoms with Gasteiger partial charge in [0.1, 0.15) is 5.69 Å². The summed E-state index contributed by atoms with van der Waals surface area (Å²) in [7, 11) is 3.21. The lowest BCUT2D eigenvalue weighted by Gasteiger charge is -2.16. The van der Waals surface area contributed by atoms with Gasteiger partial charge in [-0.1, -0.05) is 6.92 Å². The highest BCUT2D eigenvalue weighted by molar-refractivity contribution is 9.10. The first-order valence-electron chi connectivity index (χ1n) is 6.13. The highest BCUT2D eigenvalue weighted by Crippen LogP contribution is 2.26. The molecule has 2 heterocycles. The van der Waals surface area contributed by atoms with Crippen LogP contribution in [0.4, 0.5) is 0 Å². The third kappa shape index (κ3) is 2.68. The molecule has 1 aromatic heterocycles. The minimum Gasteiger partial charge on any atom is -0.469 e. The van der Waals surface area contributed by atoms with Gasteiger partial charge in [-0.3, -0.25) is 9.59 Å². The summed E-state index contributed by atoms with van der Waals surface area (Å²) in [6.45, 7) is 2.98. The molecular formula is C13H17BrN2O3. The number of carbonyl (C=O) groups excluding carboxylic acids is 2. The van der Waals surface area contributed by atoms with E-state index in [1.54, 1.807) is 15.5 Å². The number of hydrogen-bond acceptors (Lipinski definition) is 3. The molecule has 1 aromatic rings. The van der Waals surface area contributed by atoms with E-state index in [4.69, 9.17) is 4.74 Å². The largest absolute Gasteiger partial charge is 0.469 e. The first-order valence-corrected chi connectivity index (χ1v) is 6.92. The summed E-state index contributed by atoms with van der Waals surface area (Å²) >= 11 is 3.35. The third-order valence-corrected chi connectivity index (χ3v) is 4.03. The number of carbonyl (C=O) groups is 2. The Morgan fingerprint density at radius 3 is 2.63 bits per heavy atom. The lowest BCUT2D eigenvalue weighted by Crippen LogP contribution is -2.31. The number of hydrogen-bond donors (Lipinski definition) is 0. The molecule has 1 saturated heterocycles. The predicted molar refractivity (Wildman–Crippen MR) is 73.7 cm³/mol. The first-order chi connectivity index (χ1) is 8.93. The predicted octanol–water partition coefficient (Wildman–Crippen LogP) is 1.67. The van der Waals surface area contributed by atoms with E-state index in [1.807, 2.05) is 20.2 Å². The summed E-state index contributed by atoms with van der Waals surface area (Å²) in [4.78, 5) is 25.8. The molecule has 2 unspecified atom stereocenters. The first kappa shape index (κ1) is 14.1. The molecule has 0 aliphatic carbocycles. The van der Waals surface area contributed by atoms with Gasteiger partial charge in [0, 0.05) is 30.8 Å². The number of amides is 1. The van der Waals surface area contributed by atoms with Gasteiger partial charge in [-0.2, -0.15) is 0 Å². The molecule has 0 radical (unpaired) electrons. The minimum atomic E-state index is -0.240. The second-order valence-electron chi connectivity index (χ2n) is 4.97. The van der Waals surface area contributed by atoms with Gasteiger partial charge in [-0.05, 0) is 27.9 Å². The molecule has 0 bridgehead atoms. The molecule has 2 atom stereocenters. The fraction of sp³-hybridized carbons (Fsp3) is 0.538. The number of ether oxygens (including phenoxy) is 1. The minimum absolute atomic E-state index is 0.0496. The van der Waals surface area contributed by atoms with Crippen LogP contribution in [-0.2, 0) is 16.6 Å². The SMILES string of the molecule is COC(=O)C1CN(C(=O)c2cc(Br)cn2C)CC1C. The van der Waals surface area contributed by atoms with Crippen molar-refractivity contribution in [3.63, 3.8) is 0 Å². The Bertz CT molecular complexity index is 512. The lowest BCUT2D eigenvalue weighted by molar-refractivity contribution is -0.146. The van der Waals surface area contributed by atoms with Crippen LogP contribution in [0.3, 0.4) is 0 Å². The summed E-state index contributed by atoms with van der Waals surface area (Å²) in [5, 5.41) is 0. The zero-order valence-corrected chi connectivity index (χ0v) is 12.8. The van der Waals surface area contributed by atoms with Crippen LogP contribution in [0.5, 0.6) is 0 Å². The molecular weight excluding hydrogens is 312 g/mol. The van der Waals surface area contributed by atoms with Gasteiger partial charge in [0.05, 0.1) is 13.0 Å². The van der Waals surface area contributed by atoms with Crippen LogP contribution < -0.4 is 0 Å². The van der Waals surface area contributed by atoms with E-state index in [1.165, 1.54) is 7.11 Å². The molecule has 0 aromatic carbocycles. The molecule has 0 saturated carbocycles. The molecule has 104 valence electrons. The fourth-order valence-corrected chi connectivity index (χ4v) is 3.01. The molecule has 0 spiro atoms. The molecule has 1 aliphatic rings. The van der Waals surface area contributed by atoms with Crippen LogP contribution in [0, 0.1) is 11.8 Å². The Hall–Kier alpha value is -1.30. The van der Waals surface area contributed by atoms with Crippen LogP contribution in [0.15, 0.2) is 16.7 Å². The maximum atomic E-state index is 12.4. The fourth-order valence-electron chi connectivity index (χ4n) is 2.49. The van der Waals surface area contributed by atoms with Crippen molar-refractivity contribution in [1.82, 2.24) is 9.47 Å². The number of methoxy groups -OCH3 is 1. The van der Waals surface area contributed by atoms with Gasteiger partial charge in [0.25, 0.3) is 5.91 Å². The zero-order chi connectivity index (χ0) is 14.2. The standard InChI is InChI=1S/C13H17BrN2O3/c1-8-5-16(7-10(8)13(18)19-3)12(17)11-4-9(14)6-15(11)2/h4,6,8,10H,5,7H2,1-3H3. The average Bonchev–Trinajstić information content (AvgIpc) is 2.90. The van der Waals surface area contributed by atoms with E-state index in [2.05, 4.69) is 15.9 Å². The van der Waals surface area contributed by atoms with E-state index < -0.39 is 0 Å². The number of nitrogens with zero attached hydrogens (tertiary/aromatic N) is 2. The van der Waals surface area contributed by atoms with Gasteiger partial charge in [0.2, 0.25) is 0 Å². The Kier molecular flexibility index (Phi) is 3.99. The van der Waals surface area contributed by atoms with E-state index in [0.29, 0.717) is 18.8 Å². The summed E-state index contributed by atoms with van der Waals surface area (Å²) in [6, 6.07) is 1.79. The smallest absolute Gasteiger partial charge is 0.310 e. The second-order valence-corrected chi connectivity index (χ2v) is 5.89. The number of aryl methyl sites for hydroxylation is 1. The van der Waals surface area contributed by atoms with Gasteiger partial charge in [-0.15, -0.1) is 0 Å². The maximum Gasteiger partial charge on any atom is 0.310 e. The van der Waals surface area contributed by atoms with Crippen molar-refractivity contribution < 1.29 is 14.3 Å². The van der Waals surface area contributed by atoms with Gasteiger partial charge in [-0.25, -0.2) is 0 Å². The molecule has 6 heteroatoms. The Morgan fingerprint density at radius 2 is 2.11 bits per heavy atom. The van der Waals surface area contributed by atoms with Gasteiger partial charge in [0.15, 0.2) is 0 Å². The van der Waals surface area contributed by atoms with Crippen molar-refractivity contribution in [2.45, 2.75) is 6.92 Å². The summed E-state index contributed by atoms with van der Waals surface area (Å²) in [5.74, 6) is -0.389. The van der Waals surface area contributed by atoms with Crippen LogP contribution in [-0.4, -0.2) is 41.5 Å². The van der Waals surface area contributed by atoms with E-state index in [0.717, 1.165) is 4.47 Å². The Morgan fingerprint density at radius 1 is 1.42 bits per heavy atom. The van der Waals surface area contributed by atoms with Crippen molar-refractivity contribution in [1.29, 1.82) is 0 Å². The van der Waals surface area contributed by atoms with E-state index in [-0.39, 0.29) is 23.7 Å². The molecule has 19 heavy (non-hydrogen) atoms. The monoisotopic (exact) mass is 328 g/mol. The molecule has 2 rings (SSSR count). The van der Waals surface area contributed by atoms with Crippen molar-refractivity contribution in [3.05, 3.63) is 22.4 Å². The van der Waals surface area contributed by atoms with Crippen LogP contribution in [0.25, 0.3) is 0 Å². The molecule has 1 aliphatic heterocycles. The Labute approximate surface area is 120 Å². The summed E-state index contributed by atoms with van der Waals surface area (Å²) in [6.07, 6.45) is 1.84. The van der Waals surface area contributed by atoms with Crippen molar-refractivity contribution in [3.8, 4) is 0 Å². The van der Waals surface area contributed by atoms with Crippen molar-refractivity contribution >= 4 is 27.8 Å². The van der Waals surface area contributed by atoms with Crippen molar-refractivity contribution in [2.24, 2.45) is 18.9 Å². The zero-order valence-electron chi connectivity index (χ0n) is 11.2. The second kappa shape index (κ2) is 5.36. The molecule has 0 N–H and O–H groups in total. The highest BCUT2D eigenvalue weighted by Gasteiger charge is 2.38. The summed E-state index contributed by atoms with van der Waals surface area (Å²) in [5.41, 5.74) is 0.615. The Balaban J connectivity index is 2.14. The van der Waals surface area contributed by atoms with Crippen LogP contribution in [0.1, 0.15) is 17.4 Å². The number of esters is 1. The number of aromatic nitrogens is 1. The number of rotatable bonds is 2.